The molecule has 2 aliphatic rings. The maximum absolute atomic E-state index is 12.7. The molecule has 3 heterocycles. The van der Waals surface area contributed by atoms with Crippen molar-refractivity contribution in [3.63, 3.8) is 0 Å². The Morgan fingerprint density at radius 1 is 1.06 bits per heavy atom. The molecule has 1 saturated carbocycles. The van der Waals surface area contributed by atoms with Gasteiger partial charge in [0.25, 0.3) is 0 Å². The first-order valence-corrected chi connectivity index (χ1v) is 12.6. The van der Waals surface area contributed by atoms with Gasteiger partial charge in [-0.1, -0.05) is 0 Å². The van der Waals surface area contributed by atoms with E-state index >= 15 is 0 Å². The molecule has 1 amide bonds. The van der Waals surface area contributed by atoms with E-state index in [1.165, 1.54) is 17.5 Å². The van der Waals surface area contributed by atoms with Gasteiger partial charge in [0.1, 0.15) is 10.8 Å². The number of nitrogens with one attached hydrogen (secondary N) is 1. The molecule has 0 spiro atoms. The van der Waals surface area contributed by atoms with Gasteiger partial charge in [0.15, 0.2) is 0 Å². The fourth-order valence-electron chi connectivity index (χ4n) is 3.98. The van der Waals surface area contributed by atoms with Crippen molar-refractivity contribution in [1.82, 2.24) is 9.88 Å². The van der Waals surface area contributed by atoms with Crippen LogP contribution in [0.1, 0.15) is 58.9 Å². The predicted octanol–water partition coefficient (Wildman–Crippen LogP) is 3.13. The smallest absolute Gasteiger partial charge is 0.341 e. The molecule has 2 aromatic heterocycles. The summed E-state index contributed by atoms with van der Waals surface area (Å²) in [6.07, 6.45) is 3.67. The Hall–Kier alpha value is -2.98. The number of thiophene rings is 1. The van der Waals surface area contributed by atoms with E-state index in [9.17, 15) is 14.4 Å². The van der Waals surface area contributed by atoms with Crippen LogP contribution in [0.3, 0.4) is 0 Å². The van der Waals surface area contributed by atoms with Crippen molar-refractivity contribution in [3.8, 4) is 0 Å². The van der Waals surface area contributed by atoms with Crippen molar-refractivity contribution in [1.29, 1.82) is 0 Å². The molecular formula is C24H30N4O5S. The van der Waals surface area contributed by atoms with E-state index in [1.54, 1.807) is 19.9 Å². The van der Waals surface area contributed by atoms with Gasteiger partial charge in [-0.25, -0.2) is 14.6 Å². The number of hydrogen-bond acceptors (Lipinski definition) is 9. The van der Waals surface area contributed by atoms with Crippen LogP contribution >= 0.6 is 11.3 Å². The second-order valence-electron chi connectivity index (χ2n) is 8.33. The van der Waals surface area contributed by atoms with Gasteiger partial charge in [-0.05, 0) is 55.7 Å². The molecule has 34 heavy (non-hydrogen) atoms. The Kier molecular flexibility index (Phi) is 7.79. The number of hydrogen-bond donors (Lipinski definition) is 1. The van der Waals surface area contributed by atoms with Crippen LogP contribution in [-0.2, 0) is 14.3 Å². The summed E-state index contributed by atoms with van der Waals surface area (Å²) in [6, 6.07) is 3.54. The van der Waals surface area contributed by atoms with E-state index in [0.29, 0.717) is 48.3 Å². The first kappa shape index (κ1) is 24.2. The number of rotatable bonds is 9. The SMILES string of the molecule is CCOC(=O)c1ccc(N2CCN(CC(=O)Nc3scc(C4CC4)c3C(=O)OCC)CC2)nc1. The third-order valence-corrected chi connectivity index (χ3v) is 6.81. The molecule has 1 aliphatic heterocycles. The highest BCUT2D eigenvalue weighted by Gasteiger charge is 2.32. The fourth-order valence-corrected chi connectivity index (χ4v) is 5.03. The number of ether oxygens (including phenoxy) is 2. The highest BCUT2D eigenvalue weighted by molar-refractivity contribution is 7.15. The minimum atomic E-state index is -0.376. The minimum absolute atomic E-state index is 0.139. The second kappa shape index (κ2) is 11.0. The second-order valence-corrected chi connectivity index (χ2v) is 9.21. The van der Waals surface area contributed by atoms with Gasteiger partial charge in [0.2, 0.25) is 5.91 Å². The molecule has 9 nitrogen and oxygen atoms in total. The Morgan fingerprint density at radius 3 is 2.38 bits per heavy atom. The molecule has 10 heteroatoms. The molecular weight excluding hydrogens is 456 g/mol. The summed E-state index contributed by atoms with van der Waals surface area (Å²) in [5.41, 5.74) is 1.94. The summed E-state index contributed by atoms with van der Waals surface area (Å²) in [7, 11) is 0. The lowest BCUT2D eigenvalue weighted by Gasteiger charge is -2.35. The molecule has 0 radical (unpaired) electrons. The Labute approximate surface area is 203 Å². The van der Waals surface area contributed by atoms with E-state index in [0.717, 1.165) is 37.3 Å². The van der Waals surface area contributed by atoms with Crippen LogP contribution in [-0.4, -0.2) is 73.7 Å². The van der Waals surface area contributed by atoms with Crippen molar-refractivity contribution in [2.24, 2.45) is 0 Å². The zero-order valence-electron chi connectivity index (χ0n) is 19.5. The number of esters is 2. The molecule has 0 bridgehead atoms. The van der Waals surface area contributed by atoms with Crippen molar-refractivity contribution >= 4 is 40.0 Å². The molecule has 0 aromatic carbocycles. The zero-order valence-corrected chi connectivity index (χ0v) is 20.4. The van der Waals surface area contributed by atoms with Gasteiger partial charge >= 0.3 is 11.9 Å². The van der Waals surface area contributed by atoms with Gasteiger partial charge < -0.3 is 19.7 Å². The lowest BCUT2D eigenvalue weighted by atomic mass is 10.1. The quantitative estimate of drug-likeness (QED) is 0.540. The van der Waals surface area contributed by atoms with E-state index in [2.05, 4.69) is 20.1 Å². The molecule has 2 aromatic rings. The monoisotopic (exact) mass is 486 g/mol. The normalized spacial score (nSPS) is 16.2. The largest absolute Gasteiger partial charge is 0.462 e. The molecule has 0 atom stereocenters. The number of anilines is 2. The van der Waals surface area contributed by atoms with Crippen LogP contribution in [0.25, 0.3) is 0 Å². The topological polar surface area (TPSA) is 101 Å². The van der Waals surface area contributed by atoms with Gasteiger partial charge in [0.05, 0.1) is 30.9 Å². The first-order chi connectivity index (χ1) is 16.5. The minimum Gasteiger partial charge on any atom is -0.462 e. The summed E-state index contributed by atoms with van der Waals surface area (Å²) in [5, 5.41) is 5.49. The number of piperazine rings is 1. The summed E-state index contributed by atoms with van der Waals surface area (Å²) in [5.74, 6) is 0.311. The number of pyridine rings is 1. The van der Waals surface area contributed by atoms with Crippen LogP contribution in [0.5, 0.6) is 0 Å². The summed E-state index contributed by atoms with van der Waals surface area (Å²) in [6.45, 7) is 7.28. The molecule has 4 rings (SSSR count). The highest BCUT2D eigenvalue weighted by atomic mass is 32.1. The highest BCUT2D eigenvalue weighted by Crippen LogP contribution is 2.46. The Bertz CT molecular complexity index is 1030. The van der Waals surface area contributed by atoms with Gasteiger partial charge in [-0.2, -0.15) is 0 Å². The molecule has 1 saturated heterocycles. The summed E-state index contributed by atoms with van der Waals surface area (Å²) >= 11 is 1.39. The molecule has 182 valence electrons. The van der Waals surface area contributed by atoms with Gasteiger partial charge in [-0.15, -0.1) is 11.3 Å². The Balaban J connectivity index is 1.30. The molecule has 2 fully saturated rings. The molecule has 0 unspecified atom stereocenters. The Morgan fingerprint density at radius 2 is 1.76 bits per heavy atom. The third kappa shape index (κ3) is 5.74. The van der Waals surface area contributed by atoms with E-state index in [4.69, 9.17) is 9.47 Å². The lowest BCUT2D eigenvalue weighted by Crippen LogP contribution is -2.49. The molecule has 1 aliphatic carbocycles. The van der Waals surface area contributed by atoms with Crippen molar-refractivity contribution in [2.75, 3.05) is 56.2 Å². The predicted molar refractivity (Wildman–Crippen MR) is 130 cm³/mol. The third-order valence-electron chi connectivity index (χ3n) is 5.89. The van der Waals surface area contributed by atoms with E-state index in [-0.39, 0.29) is 24.4 Å². The van der Waals surface area contributed by atoms with Crippen LogP contribution < -0.4 is 10.2 Å². The summed E-state index contributed by atoms with van der Waals surface area (Å²) < 4.78 is 10.2. The molecule has 1 N–H and O–H groups in total. The average molecular weight is 487 g/mol. The maximum atomic E-state index is 12.7. The fraction of sp³-hybridized carbons (Fsp3) is 0.500. The van der Waals surface area contributed by atoms with Gasteiger partial charge in [-0.3, -0.25) is 9.69 Å². The number of aromatic nitrogens is 1. The number of carbonyl (C=O) groups is 3. The average Bonchev–Trinajstić information content (AvgIpc) is 3.60. The zero-order chi connectivity index (χ0) is 24.1. The maximum Gasteiger partial charge on any atom is 0.341 e. The lowest BCUT2D eigenvalue weighted by molar-refractivity contribution is -0.117. The van der Waals surface area contributed by atoms with E-state index < -0.39 is 0 Å². The van der Waals surface area contributed by atoms with Crippen LogP contribution in [0.2, 0.25) is 0 Å². The first-order valence-electron chi connectivity index (χ1n) is 11.7. The van der Waals surface area contributed by atoms with Crippen LogP contribution in [0.15, 0.2) is 23.7 Å². The van der Waals surface area contributed by atoms with Crippen LogP contribution in [0.4, 0.5) is 10.8 Å². The standard InChI is InChI=1S/C24H30N4O5S/c1-3-32-23(30)17-7-8-19(25-13-17)28-11-9-27(10-12-28)14-20(29)26-22-21(24(31)33-4-2)18(15-34-22)16-5-6-16/h7-8,13,15-16H,3-6,9-12,14H2,1-2H3,(H,26,29). The van der Waals surface area contributed by atoms with Crippen molar-refractivity contribution in [3.05, 3.63) is 40.4 Å². The number of amides is 1. The van der Waals surface area contributed by atoms with Crippen molar-refractivity contribution < 1.29 is 23.9 Å². The van der Waals surface area contributed by atoms with Crippen LogP contribution in [0, 0.1) is 0 Å². The van der Waals surface area contributed by atoms with Gasteiger partial charge in [0, 0.05) is 32.4 Å². The van der Waals surface area contributed by atoms with E-state index in [1.807, 2.05) is 11.4 Å². The van der Waals surface area contributed by atoms with Crippen molar-refractivity contribution in [2.45, 2.75) is 32.6 Å². The number of carbonyl (C=O) groups excluding carboxylic acids is 3. The number of nitrogens with zero attached hydrogens (tertiary/aromatic N) is 3. The summed E-state index contributed by atoms with van der Waals surface area (Å²) in [4.78, 5) is 45.6.